The third-order valence-corrected chi connectivity index (χ3v) is 13.2. The molecule has 1 heterocycles. The Morgan fingerprint density at radius 1 is 0.339 bits per heavy atom. The highest BCUT2D eigenvalue weighted by Crippen LogP contribution is 2.67. The lowest BCUT2D eigenvalue weighted by molar-refractivity contribution is 0.669. The zero-order valence-electron chi connectivity index (χ0n) is 33.7. The molecule has 1 spiro atoms. The van der Waals surface area contributed by atoms with Gasteiger partial charge in [-0.25, -0.2) is 0 Å². The van der Waals surface area contributed by atoms with Crippen LogP contribution in [0, 0.1) is 0 Å². The summed E-state index contributed by atoms with van der Waals surface area (Å²) in [5.74, 6) is 0. The van der Waals surface area contributed by atoms with Crippen LogP contribution in [0.4, 0.5) is 34.1 Å². The fourth-order valence-corrected chi connectivity index (χ4v) is 10.8. The van der Waals surface area contributed by atoms with Gasteiger partial charge in [-0.1, -0.05) is 158 Å². The molecule has 1 unspecified atom stereocenters. The van der Waals surface area contributed by atoms with Gasteiger partial charge in [0, 0.05) is 33.7 Å². The first kappa shape index (κ1) is 34.7. The van der Waals surface area contributed by atoms with Crippen LogP contribution in [-0.2, 0) is 5.41 Å². The van der Waals surface area contributed by atoms with Crippen LogP contribution in [0.1, 0.15) is 22.3 Å². The van der Waals surface area contributed by atoms with Crippen molar-refractivity contribution < 1.29 is 4.42 Å². The Labute approximate surface area is 360 Å². The van der Waals surface area contributed by atoms with E-state index in [9.17, 15) is 0 Å². The number of fused-ring (bicyclic) bond motifs is 15. The van der Waals surface area contributed by atoms with Crippen LogP contribution in [0.15, 0.2) is 235 Å². The largest absolute Gasteiger partial charge is 0.456 e. The van der Waals surface area contributed by atoms with Gasteiger partial charge in [0.2, 0.25) is 0 Å². The lowest BCUT2D eigenvalue weighted by Crippen LogP contribution is -2.28. The van der Waals surface area contributed by atoms with E-state index in [2.05, 4.69) is 234 Å². The minimum absolute atomic E-state index is 0.615. The molecular formula is C59H38N2O. The molecule has 0 fully saturated rings. The predicted molar refractivity (Wildman–Crippen MR) is 257 cm³/mol. The second-order valence-corrected chi connectivity index (χ2v) is 16.4. The standard InChI is InChI=1S/C59H38N2O/c1-4-20-40(21-5-1)60(41-22-6-2-7-23-41)53-37-39-19-10-11-26-44(39)56-46-28-13-16-31-50(46)59(58(53)56)49-30-15-12-27-45(49)48-38-43(35-36-51(48)59)61(42-24-8-3-9-25-42)52-32-18-34-55-57(52)47-29-14-17-33-54(47)62-55/h1-38H. The number of hydrogen-bond donors (Lipinski definition) is 0. The smallest absolute Gasteiger partial charge is 0.137 e. The molecule has 3 heteroatoms. The first-order chi connectivity index (χ1) is 30.8. The molecule has 62 heavy (non-hydrogen) atoms. The molecule has 13 rings (SSSR count). The van der Waals surface area contributed by atoms with Gasteiger partial charge in [-0.05, 0) is 123 Å². The second kappa shape index (κ2) is 13.4. The Morgan fingerprint density at radius 2 is 0.871 bits per heavy atom. The molecule has 3 nitrogen and oxygen atoms in total. The second-order valence-electron chi connectivity index (χ2n) is 16.4. The van der Waals surface area contributed by atoms with Gasteiger partial charge in [-0.3, -0.25) is 0 Å². The molecule has 1 atom stereocenters. The van der Waals surface area contributed by atoms with E-state index < -0.39 is 5.41 Å². The quantitative estimate of drug-likeness (QED) is 0.167. The number of anilines is 6. The summed E-state index contributed by atoms with van der Waals surface area (Å²) in [7, 11) is 0. The molecule has 0 saturated heterocycles. The van der Waals surface area contributed by atoms with E-state index in [0.29, 0.717) is 0 Å². The van der Waals surface area contributed by atoms with Gasteiger partial charge >= 0.3 is 0 Å². The van der Waals surface area contributed by atoms with Gasteiger partial charge in [0.15, 0.2) is 0 Å². The molecule has 1 aromatic heterocycles. The molecule has 0 bridgehead atoms. The maximum absolute atomic E-state index is 6.46. The van der Waals surface area contributed by atoms with E-state index in [1.807, 2.05) is 6.07 Å². The number of nitrogens with zero attached hydrogens (tertiary/aromatic N) is 2. The summed E-state index contributed by atoms with van der Waals surface area (Å²) in [4.78, 5) is 4.88. The summed E-state index contributed by atoms with van der Waals surface area (Å²) < 4.78 is 6.46. The monoisotopic (exact) mass is 790 g/mol. The highest BCUT2D eigenvalue weighted by molar-refractivity contribution is 6.14. The van der Waals surface area contributed by atoms with Crippen LogP contribution in [0.5, 0.6) is 0 Å². The predicted octanol–water partition coefficient (Wildman–Crippen LogP) is 16.0. The summed E-state index contributed by atoms with van der Waals surface area (Å²) >= 11 is 0. The third kappa shape index (κ3) is 4.82. The lowest BCUT2D eigenvalue weighted by Gasteiger charge is -2.36. The van der Waals surface area contributed by atoms with E-state index in [0.717, 1.165) is 50.4 Å². The van der Waals surface area contributed by atoms with Gasteiger partial charge in [0.25, 0.3) is 0 Å². The van der Waals surface area contributed by atoms with Gasteiger partial charge in [0.05, 0.1) is 22.2 Å². The summed E-state index contributed by atoms with van der Waals surface area (Å²) in [6.45, 7) is 0. The van der Waals surface area contributed by atoms with E-state index in [1.165, 1.54) is 61.0 Å². The van der Waals surface area contributed by atoms with E-state index in [-0.39, 0.29) is 0 Å². The number of hydrogen-bond acceptors (Lipinski definition) is 3. The molecule has 0 amide bonds. The van der Waals surface area contributed by atoms with E-state index in [4.69, 9.17) is 4.42 Å². The lowest BCUT2D eigenvalue weighted by atomic mass is 9.69. The van der Waals surface area contributed by atoms with Crippen LogP contribution in [-0.4, -0.2) is 0 Å². The van der Waals surface area contributed by atoms with Crippen LogP contribution >= 0.6 is 0 Å². The van der Waals surface area contributed by atoms with E-state index in [1.54, 1.807) is 0 Å². The van der Waals surface area contributed by atoms with Gasteiger partial charge in [-0.15, -0.1) is 0 Å². The Kier molecular flexibility index (Phi) is 7.52. The van der Waals surface area contributed by atoms with Gasteiger partial charge in [0.1, 0.15) is 11.2 Å². The van der Waals surface area contributed by atoms with Crippen molar-refractivity contribution in [3.05, 3.63) is 253 Å². The number of benzene rings is 10. The topological polar surface area (TPSA) is 19.6 Å². The molecule has 0 radical (unpaired) electrons. The zero-order valence-corrected chi connectivity index (χ0v) is 33.7. The normalized spacial score (nSPS) is 14.5. The molecule has 0 N–H and O–H groups in total. The average Bonchev–Trinajstić information content (AvgIpc) is 3.98. The molecule has 0 aliphatic heterocycles. The first-order valence-corrected chi connectivity index (χ1v) is 21.4. The fraction of sp³-hybridized carbons (Fsp3) is 0.0169. The maximum atomic E-state index is 6.46. The number of rotatable bonds is 6. The average molecular weight is 791 g/mol. The molecule has 2 aliphatic rings. The number of para-hydroxylation sites is 4. The van der Waals surface area contributed by atoms with Gasteiger partial charge in [-0.2, -0.15) is 0 Å². The van der Waals surface area contributed by atoms with Crippen molar-refractivity contribution in [1.82, 2.24) is 0 Å². The summed E-state index contributed by atoms with van der Waals surface area (Å²) in [6, 6.07) is 84.1. The minimum atomic E-state index is -0.615. The summed E-state index contributed by atoms with van der Waals surface area (Å²) in [6.07, 6.45) is 0. The molecule has 290 valence electrons. The van der Waals surface area contributed by atoms with Crippen molar-refractivity contribution in [3.8, 4) is 22.3 Å². The zero-order chi connectivity index (χ0) is 40.8. The third-order valence-electron chi connectivity index (χ3n) is 13.2. The van der Waals surface area contributed by atoms with Crippen LogP contribution in [0.25, 0.3) is 55.0 Å². The summed E-state index contributed by atoms with van der Waals surface area (Å²) in [5, 5.41) is 4.67. The fourth-order valence-electron chi connectivity index (χ4n) is 10.8. The minimum Gasteiger partial charge on any atom is -0.456 e. The highest BCUT2D eigenvalue weighted by Gasteiger charge is 2.54. The van der Waals surface area contributed by atoms with Crippen molar-refractivity contribution in [2.24, 2.45) is 0 Å². The highest BCUT2D eigenvalue weighted by atomic mass is 16.3. The van der Waals surface area contributed by atoms with Crippen LogP contribution in [0.2, 0.25) is 0 Å². The Bertz CT molecular complexity index is 3500. The molecule has 2 aliphatic carbocycles. The van der Waals surface area contributed by atoms with E-state index >= 15 is 0 Å². The molecular weight excluding hydrogens is 753 g/mol. The van der Waals surface area contributed by atoms with Crippen molar-refractivity contribution in [2.45, 2.75) is 5.41 Å². The Morgan fingerprint density at radius 3 is 1.58 bits per heavy atom. The molecule has 10 aromatic carbocycles. The van der Waals surface area contributed by atoms with Crippen molar-refractivity contribution in [3.63, 3.8) is 0 Å². The van der Waals surface area contributed by atoms with Crippen molar-refractivity contribution in [1.29, 1.82) is 0 Å². The summed E-state index contributed by atoms with van der Waals surface area (Å²) in [5.41, 5.74) is 18.0. The van der Waals surface area contributed by atoms with Crippen molar-refractivity contribution in [2.75, 3.05) is 9.80 Å². The molecule has 11 aromatic rings. The Hall–Kier alpha value is -8.14. The van der Waals surface area contributed by atoms with Crippen molar-refractivity contribution >= 4 is 66.8 Å². The van der Waals surface area contributed by atoms with Crippen LogP contribution < -0.4 is 9.80 Å². The maximum Gasteiger partial charge on any atom is 0.137 e. The number of furan rings is 1. The van der Waals surface area contributed by atoms with Gasteiger partial charge < -0.3 is 14.2 Å². The Balaban J connectivity index is 1.13. The molecule has 0 saturated carbocycles. The van der Waals surface area contributed by atoms with Crippen LogP contribution in [0.3, 0.4) is 0 Å². The first-order valence-electron chi connectivity index (χ1n) is 21.4. The SMILES string of the molecule is c1ccc(N(c2ccccc2)c2cc3ccccc3c3c2C2(c4ccccc4-c4cc(N(c5ccccc5)c5cccc6oc7ccccc7c56)ccc42)c2ccccc2-3)cc1.